The molecule has 0 fully saturated rings. The molecule has 26 heavy (non-hydrogen) atoms. The van der Waals surface area contributed by atoms with Crippen LogP contribution >= 0.6 is 11.6 Å². The smallest absolute Gasteiger partial charge is 0.240 e. The molecule has 0 saturated carbocycles. The van der Waals surface area contributed by atoms with Crippen LogP contribution in [-0.2, 0) is 10.0 Å². The van der Waals surface area contributed by atoms with Gasteiger partial charge in [0, 0.05) is 24.5 Å². The maximum absolute atomic E-state index is 12.1. The van der Waals surface area contributed by atoms with Gasteiger partial charge in [-0.25, -0.2) is 23.1 Å². The summed E-state index contributed by atoms with van der Waals surface area (Å²) in [5.74, 6) is 0.541. The van der Waals surface area contributed by atoms with E-state index in [9.17, 15) is 8.42 Å². The molecule has 136 valence electrons. The summed E-state index contributed by atoms with van der Waals surface area (Å²) in [6, 6.07) is 10.2. The van der Waals surface area contributed by atoms with Gasteiger partial charge in [-0.1, -0.05) is 11.6 Å². The van der Waals surface area contributed by atoms with Gasteiger partial charge in [0.1, 0.15) is 12.1 Å². The maximum Gasteiger partial charge on any atom is 0.240 e. The fourth-order valence-electron chi connectivity index (χ4n) is 2.55. The number of halogens is 1. The van der Waals surface area contributed by atoms with Gasteiger partial charge in [-0.05, 0) is 43.4 Å². The minimum atomic E-state index is -3.57. The molecule has 0 saturated heterocycles. The van der Waals surface area contributed by atoms with Crippen molar-refractivity contribution in [1.82, 2.24) is 14.7 Å². The maximum atomic E-state index is 12.1. The van der Waals surface area contributed by atoms with Gasteiger partial charge < -0.3 is 10.2 Å². The number of nitrogens with zero attached hydrogens (tertiary/aromatic N) is 3. The lowest BCUT2D eigenvalue weighted by molar-refractivity contribution is 0.588. The minimum absolute atomic E-state index is 0.157. The topological polar surface area (TPSA) is 87.2 Å². The number of nitrogens with one attached hydrogen (secondary N) is 2. The van der Waals surface area contributed by atoms with Crippen molar-refractivity contribution in [2.45, 2.75) is 4.90 Å². The van der Waals surface area contributed by atoms with Crippen LogP contribution in [0.4, 0.5) is 17.2 Å². The van der Waals surface area contributed by atoms with Crippen LogP contribution in [0.2, 0.25) is 5.02 Å². The molecule has 3 aromatic rings. The van der Waals surface area contributed by atoms with Crippen LogP contribution in [0, 0.1) is 0 Å². The zero-order valence-electron chi connectivity index (χ0n) is 14.5. The van der Waals surface area contributed by atoms with E-state index in [2.05, 4.69) is 20.0 Å². The Morgan fingerprint density at radius 2 is 1.85 bits per heavy atom. The van der Waals surface area contributed by atoms with Gasteiger partial charge in [0.15, 0.2) is 0 Å². The van der Waals surface area contributed by atoms with Crippen molar-refractivity contribution in [3.63, 3.8) is 0 Å². The molecule has 9 heteroatoms. The minimum Gasteiger partial charge on any atom is -0.376 e. The lowest BCUT2D eigenvalue weighted by Gasteiger charge is -2.20. The fourth-order valence-corrected chi connectivity index (χ4v) is 3.47. The van der Waals surface area contributed by atoms with E-state index in [1.807, 2.05) is 19.0 Å². The molecule has 0 atom stereocenters. The molecule has 1 aromatic heterocycles. The number of aromatic nitrogens is 2. The predicted octanol–water partition coefficient (Wildman–Crippen LogP) is 3.00. The summed E-state index contributed by atoms with van der Waals surface area (Å²) >= 11 is 6.10. The lowest BCUT2D eigenvalue weighted by atomic mass is 10.2. The van der Waals surface area contributed by atoms with E-state index in [-0.39, 0.29) is 4.90 Å². The zero-order chi connectivity index (χ0) is 18.9. The number of rotatable bonds is 5. The van der Waals surface area contributed by atoms with Crippen molar-refractivity contribution in [3.05, 3.63) is 47.7 Å². The molecule has 3 rings (SSSR count). The summed E-state index contributed by atoms with van der Waals surface area (Å²) in [7, 11) is 1.56. The highest BCUT2D eigenvalue weighted by Crippen LogP contribution is 2.32. The van der Waals surface area contributed by atoms with E-state index in [1.54, 1.807) is 36.4 Å². The highest BCUT2D eigenvalue weighted by atomic mass is 35.5. The molecule has 7 nitrogen and oxygen atoms in total. The summed E-state index contributed by atoms with van der Waals surface area (Å²) in [6.45, 7) is 0. The van der Waals surface area contributed by atoms with Crippen LogP contribution in [0.15, 0.2) is 47.6 Å². The Bertz CT molecular complexity index is 1070. The van der Waals surface area contributed by atoms with Gasteiger partial charge in [-0.2, -0.15) is 0 Å². The van der Waals surface area contributed by atoms with Crippen LogP contribution in [0.3, 0.4) is 0 Å². The Labute approximate surface area is 157 Å². The summed E-state index contributed by atoms with van der Waals surface area (Å²) in [5.41, 5.74) is 2.15. The van der Waals surface area contributed by atoms with E-state index >= 15 is 0 Å². The Morgan fingerprint density at radius 1 is 1.08 bits per heavy atom. The monoisotopic (exact) mass is 391 g/mol. The lowest BCUT2D eigenvalue weighted by Crippen LogP contribution is -2.19. The van der Waals surface area contributed by atoms with Crippen LogP contribution in [0.25, 0.3) is 10.9 Å². The van der Waals surface area contributed by atoms with E-state index in [4.69, 9.17) is 11.6 Å². The summed E-state index contributed by atoms with van der Waals surface area (Å²) in [6.07, 6.45) is 1.45. The normalized spacial score (nSPS) is 11.5. The standard InChI is InChI=1S/C17H18ClN5O2S/c1-19-26(24,25)12-5-7-16(23(2)3)15(9-12)22-17-13-8-11(18)4-6-14(13)20-10-21-17/h4-10,19H,1-3H3,(H,20,21,22). The van der Waals surface area contributed by atoms with Gasteiger partial charge in [0.2, 0.25) is 10.0 Å². The third-order valence-corrected chi connectivity index (χ3v) is 5.53. The number of benzene rings is 2. The van der Waals surface area contributed by atoms with E-state index < -0.39 is 10.0 Å². The van der Waals surface area contributed by atoms with E-state index in [0.29, 0.717) is 16.5 Å². The van der Waals surface area contributed by atoms with Gasteiger partial charge in [-0.3, -0.25) is 0 Å². The molecule has 0 bridgehead atoms. The first-order chi connectivity index (χ1) is 12.3. The summed E-state index contributed by atoms with van der Waals surface area (Å²) in [4.78, 5) is 10.6. The average Bonchev–Trinajstić information content (AvgIpc) is 2.62. The molecular weight excluding hydrogens is 374 g/mol. The molecule has 0 aliphatic rings. The molecule has 0 aliphatic carbocycles. The Kier molecular flexibility index (Phi) is 4.99. The first kappa shape index (κ1) is 18.4. The van der Waals surface area contributed by atoms with Crippen LogP contribution in [-0.4, -0.2) is 39.5 Å². The number of fused-ring (bicyclic) bond motifs is 1. The zero-order valence-corrected chi connectivity index (χ0v) is 16.1. The molecule has 0 unspecified atom stereocenters. The van der Waals surface area contributed by atoms with Crippen LogP contribution in [0.5, 0.6) is 0 Å². The quantitative estimate of drug-likeness (QED) is 0.695. The first-order valence-electron chi connectivity index (χ1n) is 7.74. The number of hydrogen-bond acceptors (Lipinski definition) is 6. The van der Waals surface area contributed by atoms with Crippen molar-refractivity contribution in [2.75, 3.05) is 31.4 Å². The largest absolute Gasteiger partial charge is 0.376 e. The van der Waals surface area contributed by atoms with Gasteiger partial charge in [0.25, 0.3) is 0 Å². The SMILES string of the molecule is CNS(=O)(=O)c1ccc(N(C)C)c(Nc2ncnc3ccc(Cl)cc23)c1. The first-order valence-corrected chi connectivity index (χ1v) is 9.60. The van der Waals surface area contributed by atoms with Crippen LogP contribution < -0.4 is 14.9 Å². The van der Waals surface area contributed by atoms with E-state index in [1.165, 1.54) is 13.4 Å². The summed E-state index contributed by atoms with van der Waals surface area (Å²) in [5, 5.41) is 4.52. The average molecular weight is 392 g/mol. The van der Waals surface area contributed by atoms with Crippen molar-refractivity contribution < 1.29 is 8.42 Å². The van der Waals surface area contributed by atoms with E-state index in [0.717, 1.165) is 16.6 Å². The van der Waals surface area contributed by atoms with Gasteiger partial charge >= 0.3 is 0 Å². The van der Waals surface area contributed by atoms with Crippen LogP contribution in [0.1, 0.15) is 0 Å². The number of anilines is 3. The Hall–Kier alpha value is -2.42. The number of hydrogen-bond donors (Lipinski definition) is 2. The highest BCUT2D eigenvalue weighted by molar-refractivity contribution is 7.89. The van der Waals surface area contributed by atoms with Crippen molar-refractivity contribution in [1.29, 1.82) is 0 Å². The fraction of sp³-hybridized carbons (Fsp3) is 0.176. The molecule has 1 heterocycles. The third-order valence-electron chi connectivity index (χ3n) is 3.88. The Balaban J connectivity index is 2.15. The van der Waals surface area contributed by atoms with Gasteiger partial charge in [0.05, 0.1) is 21.8 Å². The Morgan fingerprint density at radius 3 is 2.54 bits per heavy atom. The second kappa shape index (κ2) is 7.06. The van der Waals surface area contributed by atoms with Crippen molar-refractivity contribution in [2.24, 2.45) is 0 Å². The van der Waals surface area contributed by atoms with Gasteiger partial charge in [-0.15, -0.1) is 0 Å². The number of sulfonamides is 1. The molecule has 0 spiro atoms. The highest BCUT2D eigenvalue weighted by Gasteiger charge is 2.16. The molecule has 0 amide bonds. The van der Waals surface area contributed by atoms with Crippen molar-refractivity contribution >= 4 is 49.7 Å². The predicted molar refractivity (Wildman–Crippen MR) is 105 cm³/mol. The molecule has 2 aromatic carbocycles. The molecule has 0 radical (unpaired) electrons. The van der Waals surface area contributed by atoms with Crippen molar-refractivity contribution in [3.8, 4) is 0 Å². The molecular formula is C17H18ClN5O2S. The summed E-state index contributed by atoms with van der Waals surface area (Å²) < 4.78 is 26.6. The molecule has 0 aliphatic heterocycles. The third kappa shape index (κ3) is 3.57. The second-order valence-electron chi connectivity index (χ2n) is 5.79. The second-order valence-corrected chi connectivity index (χ2v) is 8.11. The molecule has 2 N–H and O–H groups in total.